The molecule has 0 bridgehead atoms. The van der Waals surface area contributed by atoms with Gasteiger partial charge in [-0.05, 0) is 62.0 Å². The molecular weight excluding hydrogens is 376 g/mol. The van der Waals surface area contributed by atoms with E-state index in [1.165, 1.54) is 36.4 Å². The van der Waals surface area contributed by atoms with Crippen molar-refractivity contribution in [3.05, 3.63) is 71.3 Å². The van der Waals surface area contributed by atoms with Gasteiger partial charge in [-0.1, -0.05) is 26.0 Å². The number of benzene rings is 2. The second kappa shape index (κ2) is 10.1. The van der Waals surface area contributed by atoms with Crippen LogP contribution in [0.4, 0.5) is 8.78 Å². The zero-order valence-electron chi connectivity index (χ0n) is 17.1. The molecule has 2 unspecified atom stereocenters. The van der Waals surface area contributed by atoms with E-state index in [1.807, 2.05) is 32.8 Å². The number of nitrogens with zero attached hydrogens (tertiary/aromatic N) is 1. The van der Waals surface area contributed by atoms with E-state index in [0.717, 1.165) is 5.56 Å². The van der Waals surface area contributed by atoms with Crippen LogP contribution >= 0.6 is 0 Å². The summed E-state index contributed by atoms with van der Waals surface area (Å²) in [6, 6.07) is 10.4. The predicted molar refractivity (Wildman–Crippen MR) is 108 cm³/mol. The van der Waals surface area contributed by atoms with E-state index >= 15 is 0 Å². The van der Waals surface area contributed by atoms with Gasteiger partial charge in [-0.3, -0.25) is 9.59 Å². The van der Waals surface area contributed by atoms with Gasteiger partial charge in [0.05, 0.1) is 6.04 Å². The number of nitrogens with one attached hydrogen (secondary N) is 2. The van der Waals surface area contributed by atoms with Crippen LogP contribution in [0.3, 0.4) is 0 Å². The van der Waals surface area contributed by atoms with Gasteiger partial charge in [-0.2, -0.15) is 0 Å². The molecule has 0 aromatic heterocycles. The van der Waals surface area contributed by atoms with Gasteiger partial charge in [0, 0.05) is 12.1 Å². The molecule has 2 rings (SSSR count). The number of likely N-dealkylation sites (N-methyl/N-ethyl adjacent to an activating group) is 1. The summed E-state index contributed by atoms with van der Waals surface area (Å²) in [6.45, 7) is 3.90. The molecular formula is C22H27F2N3O2. The van der Waals surface area contributed by atoms with Crippen molar-refractivity contribution in [1.82, 2.24) is 15.5 Å². The van der Waals surface area contributed by atoms with Crippen LogP contribution in [0, 0.1) is 17.6 Å². The predicted octanol–water partition coefficient (Wildman–Crippen LogP) is 3.14. The van der Waals surface area contributed by atoms with E-state index in [1.54, 1.807) is 12.1 Å². The van der Waals surface area contributed by atoms with Gasteiger partial charge >= 0.3 is 0 Å². The number of carbonyl (C=O) groups is 2. The summed E-state index contributed by atoms with van der Waals surface area (Å²) in [5.41, 5.74) is 1.02. The van der Waals surface area contributed by atoms with Gasteiger partial charge in [0.15, 0.2) is 0 Å². The largest absolute Gasteiger partial charge is 0.352 e. The van der Waals surface area contributed by atoms with Crippen molar-refractivity contribution in [1.29, 1.82) is 0 Å². The van der Waals surface area contributed by atoms with E-state index in [4.69, 9.17) is 0 Å². The molecule has 0 fully saturated rings. The van der Waals surface area contributed by atoms with Crippen LogP contribution in [0.2, 0.25) is 0 Å². The van der Waals surface area contributed by atoms with E-state index < -0.39 is 17.8 Å². The maximum atomic E-state index is 13.6. The van der Waals surface area contributed by atoms with Crippen LogP contribution in [-0.4, -0.2) is 43.4 Å². The molecule has 2 atom stereocenters. The Kier molecular flexibility index (Phi) is 7.84. The minimum Gasteiger partial charge on any atom is -0.352 e. The second-order valence-electron chi connectivity index (χ2n) is 7.48. The third-order valence-electron chi connectivity index (χ3n) is 4.67. The first-order chi connectivity index (χ1) is 13.7. The molecule has 0 spiro atoms. The van der Waals surface area contributed by atoms with Crippen molar-refractivity contribution in [2.24, 2.45) is 5.92 Å². The van der Waals surface area contributed by atoms with E-state index in [-0.39, 0.29) is 35.8 Å². The zero-order chi connectivity index (χ0) is 21.6. The average molecular weight is 403 g/mol. The zero-order valence-corrected chi connectivity index (χ0v) is 17.1. The second-order valence-corrected chi connectivity index (χ2v) is 7.48. The molecule has 0 heterocycles. The highest BCUT2D eigenvalue weighted by Gasteiger charge is 2.26. The highest BCUT2D eigenvalue weighted by atomic mass is 19.1. The van der Waals surface area contributed by atoms with Gasteiger partial charge < -0.3 is 15.5 Å². The molecule has 0 aliphatic rings. The third-order valence-corrected chi connectivity index (χ3v) is 4.67. The summed E-state index contributed by atoms with van der Waals surface area (Å²) in [7, 11) is 3.69. The van der Waals surface area contributed by atoms with Crippen LogP contribution in [0.5, 0.6) is 0 Å². The summed E-state index contributed by atoms with van der Waals surface area (Å²) in [5, 5.41) is 5.56. The summed E-state index contributed by atoms with van der Waals surface area (Å²) >= 11 is 0. The topological polar surface area (TPSA) is 61.4 Å². The summed E-state index contributed by atoms with van der Waals surface area (Å²) < 4.78 is 26.6. The van der Waals surface area contributed by atoms with Gasteiger partial charge in [0.2, 0.25) is 5.91 Å². The van der Waals surface area contributed by atoms with Gasteiger partial charge in [-0.15, -0.1) is 0 Å². The number of carbonyl (C=O) groups excluding carboxylic acids is 2. The maximum Gasteiger partial charge on any atom is 0.251 e. The van der Waals surface area contributed by atoms with Crippen LogP contribution < -0.4 is 10.6 Å². The Morgan fingerprint density at radius 2 is 1.66 bits per heavy atom. The highest BCUT2D eigenvalue weighted by molar-refractivity contribution is 5.97. The van der Waals surface area contributed by atoms with Crippen molar-refractivity contribution >= 4 is 11.8 Å². The standard InChI is InChI=1S/C22H27F2N3O2/c1-14(2)20(26-21(28)15-8-10-17(23)11-9-15)22(29)25-13-19(27(3)4)16-6-5-7-18(24)12-16/h5-12,14,19-20H,13H2,1-4H3,(H,25,29)(H,26,28). The molecule has 0 saturated carbocycles. The van der Waals surface area contributed by atoms with Crippen LogP contribution in [-0.2, 0) is 4.79 Å². The normalized spacial score (nSPS) is 13.2. The molecule has 2 amide bonds. The molecule has 2 N–H and O–H groups in total. The molecule has 156 valence electrons. The minimum absolute atomic E-state index is 0.161. The molecule has 7 heteroatoms. The maximum absolute atomic E-state index is 13.6. The quantitative estimate of drug-likeness (QED) is 0.712. The van der Waals surface area contributed by atoms with Crippen LogP contribution in [0.15, 0.2) is 48.5 Å². The Morgan fingerprint density at radius 1 is 1.00 bits per heavy atom. The first kappa shape index (κ1) is 22.5. The number of hydrogen-bond donors (Lipinski definition) is 2. The first-order valence-electron chi connectivity index (χ1n) is 9.45. The highest BCUT2D eigenvalue weighted by Crippen LogP contribution is 2.18. The van der Waals surface area contributed by atoms with Gasteiger partial charge in [0.25, 0.3) is 5.91 Å². The fourth-order valence-electron chi connectivity index (χ4n) is 2.98. The average Bonchev–Trinajstić information content (AvgIpc) is 2.66. The lowest BCUT2D eigenvalue weighted by Gasteiger charge is -2.27. The van der Waals surface area contributed by atoms with Gasteiger partial charge in [-0.25, -0.2) is 8.78 Å². The monoisotopic (exact) mass is 403 g/mol. The number of halogens is 2. The Hall–Kier alpha value is -2.80. The minimum atomic E-state index is -0.761. The van der Waals surface area contributed by atoms with Crippen molar-refractivity contribution in [3.63, 3.8) is 0 Å². The summed E-state index contributed by atoms with van der Waals surface area (Å²) in [4.78, 5) is 27.1. The summed E-state index contributed by atoms with van der Waals surface area (Å²) in [6.07, 6.45) is 0. The molecule has 2 aromatic carbocycles. The molecule has 0 aliphatic carbocycles. The molecule has 2 aromatic rings. The van der Waals surface area contributed by atoms with Crippen molar-refractivity contribution in [2.45, 2.75) is 25.9 Å². The lowest BCUT2D eigenvalue weighted by Crippen LogP contribution is -2.51. The van der Waals surface area contributed by atoms with Gasteiger partial charge in [0.1, 0.15) is 17.7 Å². The number of hydrogen-bond acceptors (Lipinski definition) is 3. The molecule has 5 nitrogen and oxygen atoms in total. The third kappa shape index (κ3) is 6.35. The van der Waals surface area contributed by atoms with Crippen LogP contribution in [0.1, 0.15) is 35.8 Å². The van der Waals surface area contributed by atoms with Crippen molar-refractivity contribution in [3.8, 4) is 0 Å². The smallest absolute Gasteiger partial charge is 0.251 e. The Balaban J connectivity index is 2.06. The Labute approximate surface area is 170 Å². The van der Waals surface area contributed by atoms with E-state index in [0.29, 0.717) is 0 Å². The Morgan fingerprint density at radius 3 is 2.21 bits per heavy atom. The van der Waals surface area contributed by atoms with Crippen molar-refractivity contribution in [2.75, 3.05) is 20.6 Å². The molecule has 0 saturated heterocycles. The SMILES string of the molecule is CC(C)C(NC(=O)c1ccc(F)cc1)C(=O)NCC(c1cccc(F)c1)N(C)C. The van der Waals surface area contributed by atoms with E-state index in [2.05, 4.69) is 10.6 Å². The number of rotatable bonds is 8. The fraction of sp³-hybridized carbons (Fsp3) is 0.364. The van der Waals surface area contributed by atoms with E-state index in [9.17, 15) is 18.4 Å². The Bertz CT molecular complexity index is 838. The first-order valence-corrected chi connectivity index (χ1v) is 9.45. The fourth-order valence-corrected chi connectivity index (χ4v) is 2.98. The van der Waals surface area contributed by atoms with Crippen molar-refractivity contribution < 1.29 is 18.4 Å². The van der Waals surface area contributed by atoms with Crippen LogP contribution in [0.25, 0.3) is 0 Å². The molecule has 29 heavy (non-hydrogen) atoms. The molecule has 0 aliphatic heterocycles. The lowest BCUT2D eigenvalue weighted by molar-refractivity contribution is -0.124. The number of amides is 2. The molecule has 0 radical (unpaired) electrons. The lowest BCUT2D eigenvalue weighted by atomic mass is 10.0. The summed E-state index contributed by atoms with van der Waals surface area (Å²) in [5.74, 6) is -1.72.